The Morgan fingerprint density at radius 1 is 1.15 bits per heavy atom. The quantitative estimate of drug-likeness (QED) is 0.301. The molecule has 2 saturated heterocycles. The molecule has 0 aliphatic carbocycles. The van der Waals surface area contributed by atoms with E-state index in [-0.39, 0.29) is 10.9 Å². The summed E-state index contributed by atoms with van der Waals surface area (Å²) in [7, 11) is 5.71. The van der Waals surface area contributed by atoms with E-state index in [1.807, 2.05) is 25.4 Å². The van der Waals surface area contributed by atoms with Crippen LogP contribution in [0.4, 0.5) is 11.4 Å². The molecule has 0 saturated carbocycles. The highest BCUT2D eigenvalue weighted by Gasteiger charge is 2.41. The molecule has 4 aromatic heterocycles. The fourth-order valence-corrected chi connectivity index (χ4v) is 6.95. The van der Waals surface area contributed by atoms with E-state index in [0.29, 0.717) is 28.2 Å². The fraction of sp³-hybridized carbons (Fsp3) is 0.310. The second-order valence-corrected chi connectivity index (χ2v) is 11.3. The van der Waals surface area contributed by atoms with Crippen molar-refractivity contribution in [1.29, 1.82) is 0 Å². The van der Waals surface area contributed by atoms with E-state index in [2.05, 4.69) is 32.1 Å². The van der Waals surface area contributed by atoms with Crippen LogP contribution in [0.1, 0.15) is 16.8 Å². The molecule has 2 aliphatic heterocycles. The molecule has 1 aromatic carbocycles. The lowest BCUT2D eigenvalue weighted by molar-refractivity contribution is 0.0695. The number of aromatic carboxylic acids is 1. The minimum absolute atomic E-state index is 0.255. The molecule has 2 fully saturated rings. The highest BCUT2D eigenvalue weighted by Crippen LogP contribution is 2.46. The van der Waals surface area contributed by atoms with Gasteiger partial charge in [0.2, 0.25) is 5.43 Å². The predicted octanol–water partition coefficient (Wildman–Crippen LogP) is 4.16. The maximum atomic E-state index is 13.2. The van der Waals surface area contributed by atoms with Gasteiger partial charge in [-0.2, -0.15) is 0 Å². The minimum atomic E-state index is -1.26. The lowest BCUT2D eigenvalue weighted by atomic mass is 10.00. The summed E-state index contributed by atoms with van der Waals surface area (Å²) in [6.07, 6.45) is 5.97. The number of aromatic nitrogens is 4. The van der Waals surface area contributed by atoms with Crippen molar-refractivity contribution in [3.8, 4) is 11.1 Å². The third-order valence-electron chi connectivity index (χ3n) is 8.51. The Balaban J connectivity index is 1.55. The summed E-state index contributed by atoms with van der Waals surface area (Å²) in [4.78, 5) is 42.8. The molecule has 40 heavy (non-hydrogen) atoms. The van der Waals surface area contributed by atoms with Gasteiger partial charge < -0.3 is 29.8 Å². The van der Waals surface area contributed by atoms with Gasteiger partial charge in [-0.3, -0.25) is 4.79 Å². The predicted molar refractivity (Wildman–Crippen MR) is 158 cm³/mol. The number of carboxylic acids is 1. The summed E-state index contributed by atoms with van der Waals surface area (Å²) < 4.78 is 1.58. The Morgan fingerprint density at radius 2 is 1.98 bits per heavy atom. The zero-order valence-corrected chi connectivity index (χ0v) is 23.1. The third-order valence-corrected chi connectivity index (χ3v) is 8.73. The number of carbonyl (C=O) groups is 1. The van der Waals surface area contributed by atoms with Crippen molar-refractivity contribution >= 4 is 61.9 Å². The van der Waals surface area contributed by atoms with Crippen LogP contribution in [-0.4, -0.2) is 75.3 Å². The van der Waals surface area contributed by atoms with Gasteiger partial charge in [-0.1, -0.05) is 11.6 Å². The van der Waals surface area contributed by atoms with Gasteiger partial charge in [0.25, 0.3) is 0 Å². The molecule has 1 unspecified atom stereocenters. The van der Waals surface area contributed by atoms with Crippen LogP contribution in [0.25, 0.3) is 44.1 Å². The van der Waals surface area contributed by atoms with Gasteiger partial charge in [0.1, 0.15) is 16.9 Å². The number of aromatic amines is 1. The van der Waals surface area contributed by atoms with Crippen molar-refractivity contribution in [2.24, 2.45) is 13.0 Å². The van der Waals surface area contributed by atoms with Crippen molar-refractivity contribution in [2.45, 2.75) is 12.5 Å². The first kappa shape index (κ1) is 24.9. The maximum absolute atomic E-state index is 13.2. The van der Waals surface area contributed by atoms with Gasteiger partial charge in [0, 0.05) is 79.9 Å². The van der Waals surface area contributed by atoms with Crippen LogP contribution >= 0.6 is 11.6 Å². The van der Waals surface area contributed by atoms with Gasteiger partial charge in [-0.25, -0.2) is 14.8 Å². The first-order chi connectivity index (χ1) is 19.2. The standard InChI is InChI=1S/C29H28ClN7O3/c1-31-21-8-16(30)7-17-23-25(37-5-4-14-11-35(2)13-22(14)37)19(10-32-27(23)34-24(17)21)15-6-18-26(38)20(29(39)40)12-36(3)28(18)33-9-15/h6-10,12,14,22,31H,4-5,11,13H2,1-3H3,(H,32,34)(H,39,40)/t14?,22-/m1/s1. The van der Waals surface area contributed by atoms with Crippen LogP contribution in [-0.2, 0) is 7.05 Å². The molecule has 0 radical (unpaired) electrons. The number of carboxylic acid groups (broad SMARTS) is 1. The summed E-state index contributed by atoms with van der Waals surface area (Å²) in [6.45, 7) is 2.91. The van der Waals surface area contributed by atoms with Gasteiger partial charge >= 0.3 is 5.97 Å². The number of rotatable bonds is 4. The number of H-pyrrole nitrogens is 1. The number of benzene rings is 1. The number of nitrogens with zero attached hydrogens (tertiary/aromatic N) is 5. The molecule has 7 rings (SSSR count). The lowest BCUT2D eigenvalue weighted by Crippen LogP contribution is -2.35. The first-order valence-electron chi connectivity index (χ1n) is 13.2. The number of pyridine rings is 3. The van der Waals surface area contributed by atoms with E-state index in [0.717, 1.165) is 64.9 Å². The van der Waals surface area contributed by atoms with E-state index >= 15 is 0 Å². The topological polar surface area (TPSA) is 119 Å². The van der Waals surface area contributed by atoms with Crippen LogP contribution in [0.5, 0.6) is 0 Å². The Hall–Kier alpha value is -4.15. The van der Waals surface area contributed by atoms with E-state index in [9.17, 15) is 14.7 Å². The molecule has 0 amide bonds. The Bertz CT molecular complexity index is 1930. The maximum Gasteiger partial charge on any atom is 0.341 e. The van der Waals surface area contributed by atoms with Crippen molar-refractivity contribution < 1.29 is 9.90 Å². The molecule has 5 aromatic rings. The zero-order chi connectivity index (χ0) is 27.9. The third kappa shape index (κ3) is 3.59. The molecule has 0 spiro atoms. The second kappa shape index (κ2) is 8.94. The SMILES string of the molecule is CNc1cc(Cl)cc2c1[nH]c1ncc(-c3cnc4c(c3)c(=O)c(C(=O)O)cn4C)c(N3CCC4CN(C)C[C@H]43)c12. The molecule has 3 N–H and O–H groups in total. The van der Waals surface area contributed by atoms with Crippen molar-refractivity contribution in [3.05, 3.63) is 57.6 Å². The van der Waals surface area contributed by atoms with Gasteiger partial charge in [0.15, 0.2) is 0 Å². The van der Waals surface area contributed by atoms with Crippen LogP contribution in [0, 0.1) is 5.92 Å². The van der Waals surface area contributed by atoms with Crippen LogP contribution in [0.2, 0.25) is 5.02 Å². The first-order valence-corrected chi connectivity index (χ1v) is 13.6. The van der Waals surface area contributed by atoms with Gasteiger partial charge in [-0.05, 0) is 37.6 Å². The molecular formula is C29H28ClN7O3. The summed E-state index contributed by atoms with van der Waals surface area (Å²) in [5.41, 5.74) is 4.70. The average molecular weight is 558 g/mol. The number of halogens is 1. The normalized spacial score (nSPS) is 19.2. The molecule has 11 heteroatoms. The summed E-state index contributed by atoms with van der Waals surface area (Å²) in [5, 5.41) is 15.7. The average Bonchev–Trinajstić information content (AvgIpc) is 3.61. The summed E-state index contributed by atoms with van der Waals surface area (Å²) >= 11 is 6.59. The Kier molecular flexibility index (Phi) is 5.55. The summed E-state index contributed by atoms with van der Waals surface area (Å²) in [6, 6.07) is 5.94. The molecule has 6 heterocycles. The zero-order valence-electron chi connectivity index (χ0n) is 22.3. The summed E-state index contributed by atoms with van der Waals surface area (Å²) in [5.74, 6) is -0.705. The highest BCUT2D eigenvalue weighted by molar-refractivity contribution is 6.33. The van der Waals surface area contributed by atoms with Gasteiger partial charge in [0.05, 0.1) is 27.7 Å². The van der Waals surface area contributed by atoms with Crippen LogP contribution < -0.4 is 15.6 Å². The number of likely N-dealkylation sites (tertiary alicyclic amines) is 1. The molecular weight excluding hydrogens is 530 g/mol. The largest absolute Gasteiger partial charge is 0.477 e. The van der Waals surface area contributed by atoms with Crippen LogP contribution in [0.15, 0.2) is 41.6 Å². The molecule has 0 bridgehead atoms. The number of likely N-dealkylation sites (N-methyl/N-ethyl adjacent to an activating group) is 1. The molecule has 2 atom stereocenters. The van der Waals surface area contributed by atoms with E-state index < -0.39 is 11.4 Å². The monoisotopic (exact) mass is 557 g/mol. The fourth-order valence-electron chi connectivity index (χ4n) is 6.73. The number of hydrogen-bond donors (Lipinski definition) is 3. The smallest absolute Gasteiger partial charge is 0.341 e. The number of nitrogens with one attached hydrogen (secondary N) is 2. The number of aryl methyl sites for hydroxylation is 1. The number of hydrogen-bond acceptors (Lipinski definition) is 7. The Labute approximate surface area is 234 Å². The molecule has 204 valence electrons. The van der Waals surface area contributed by atoms with Crippen LogP contribution in [0.3, 0.4) is 0 Å². The number of fused-ring (bicyclic) bond motifs is 5. The second-order valence-electron chi connectivity index (χ2n) is 10.9. The van der Waals surface area contributed by atoms with Crippen molar-refractivity contribution in [3.63, 3.8) is 0 Å². The Morgan fingerprint density at radius 3 is 2.75 bits per heavy atom. The van der Waals surface area contributed by atoms with E-state index in [4.69, 9.17) is 16.6 Å². The van der Waals surface area contributed by atoms with Crippen molar-refractivity contribution in [2.75, 3.05) is 43.9 Å². The van der Waals surface area contributed by atoms with E-state index in [1.165, 1.54) is 6.20 Å². The van der Waals surface area contributed by atoms with E-state index in [1.54, 1.807) is 23.9 Å². The van der Waals surface area contributed by atoms with Crippen molar-refractivity contribution in [1.82, 2.24) is 24.4 Å². The highest BCUT2D eigenvalue weighted by atomic mass is 35.5. The lowest BCUT2D eigenvalue weighted by Gasteiger charge is -2.29. The minimum Gasteiger partial charge on any atom is -0.477 e. The number of anilines is 2. The molecule has 2 aliphatic rings. The molecule has 10 nitrogen and oxygen atoms in total. The van der Waals surface area contributed by atoms with Gasteiger partial charge in [-0.15, -0.1) is 0 Å².